The van der Waals surface area contributed by atoms with Gasteiger partial charge in [0, 0.05) is 12.1 Å². The lowest BCUT2D eigenvalue weighted by Crippen LogP contribution is -1.88. The Morgan fingerprint density at radius 2 is 1.58 bits per heavy atom. The molecule has 0 bridgehead atoms. The first-order valence-corrected chi connectivity index (χ1v) is 3.86. The van der Waals surface area contributed by atoms with Gasteiger partial charge < -0.3 is 15.3 Å². The topological polar surface area (TPSA) is 60.7 Å². The molecule has 0 atom stereocenters. The molecule has 3 nitrogen and oxygen atoms in total. The smallest absolute Gasteiger partial charge is 0.132 e. The van der Waals surface area contributed by atoms with Crippen LogP contribution in [0.2, 0.25) is 0 Å². The first-order chi connectivity index (χ1) is 5.52. The molecule has 0 aliphatic heterocycles. The van der Waals surface area contributed by atoms with E-state index in [9.17, 15) is 10.2 Å². The Bertz CT molecular complexity index is 312. The highest BCUT2D eigenvalue weighted by molar-refractivity contribution is 8.11. The summed E-state index contributed by atoms with van der Waals surface area (Å²) in [4.78, 5) is 0. The molecule has 0 saturated carbocycles. The summed E-state index contributed by atoms with van der Waals surface area (Å²) in [5.41, 5.74) is 0.0612. The summed E-state index contributed by atoms with van der Waals surface area (Å²) in [6.45, 7) is 0. The molecule has 0 radical (unpaired) electrons. The minimum atomic E-state index is -0.285. The van der Waals surface area contributed by atoms with E-state index in [1.165, 1.54) is 0 Å². The lowest BCUT2D eigenvalue weighted by molar-refractivity contribution is 0.427. The van der Waals surface area contributed by atoms with Crippen LogP contribution in [-0.4, -0.2) is 19.5 Å². The number of rotatable bonds is 1. The van der Waals surface area contributed by atoms with Crippen LogP contribution in [0.5, 0.6) is 17.2 Å². The van der Waals surface area contributed by atoms with Gasteiger partial charge in [-0.3, -0.25) is 0 Å². The molecular weight excluding hydrogens is 196 g/mol. The van der Waals surface area contributed by atoms with E-state index in [0.29, 0.717) is 0 Å². The van der Waals surface area contributed by atoms with Crippen LogP contribution in [0, 0.1) is 0 Å². The Morgan fingerprint density at radius 3 is 1.92 bits per heavy atom. The Labute approximate surface area is 79.7 Å². The maximum atomic E-state index is 9.19. The van der Waals surface area contributed by atoms with Gasteiger partial charge in [0.15, 0.2) is 0 Å². The lowest BCUT2D eigenvalue weighted by Gasteiger charge is -2.04. The van der Waals surface area contributed by atoms with Crippen molar-refractivity contribution in [3.05, 3.63) is 17.7 Å². The van der Waals surface area contributed by atoms with Crippen molar-refractivity contribution >= 4 is 29.0 Å². The van der Waals surface area contributed by atoms with Gasteiger partial charge in [-0.15, -0.1) is 12.6 Å². The van der Waals surface area contributed by atoms with E-state index in [4.69, 9.17) is 5.11 Å². The molecule has 0 aliphatic carbocycles. The molecule has 1 rings (SSSR count). The summed E-state index contributed by atoms with van der Waals surface area (Å²) in [5.74, 6) is -0.793. The van der Waals surface area contributed by atoms with Crippen LogP contribution < -0.4 is 0 Å². The highest BCUT2D eigenvalue weighted by atomic mass is 32.1. The average molecular weight is 202 g/mol. The summed E-state index contributed by atoms with van der Waals surface area (Å²) >= 11 is 8.43. The van der Waals surface area contributed by atoms with Crippen molar-refractivity contribution in [2.24, 2.45) is 0 Å². The van der Waals surface area contributed by atoms with E-state index in [1.807, 2.05) is 0 Å². The van der Waals surface area contributed by atoms with Crippen molar-refractivity contribution in [1.82, 2.24) is 0 Å². The minimum absolute atomic E-state index is 0.0612. The van der Waals surface area contributed by atoms with Crippen molar-refractivity contribution in [3.8, 4) is 17.2 Å². The van der Waals surface area contributed by atoms with E-state index in [2.05, 4.69) is 24.8 Å². The third-order valence-electron chi connectivity index (χ3n) is 1.30. The number of aromatic hydroxyl groups is 3. The van der Waals surface area contributed by atoms with Gasteiger partial charge in [0.2, 0.25) is 0 Å². The molecule has 1 aromatic rings. The predicted molar refractivity (Wildman–Crippen MR) is 52.1 cm³/mol. The molecule has 1 aromatic carbocycles. The molecule has 0 unspecified atom stereocenters. The Balaban J connectivity index is 3.38. The number of benzene rings is 1. The number of phenols is 3. The van der Waals surface area contributed by atoms with E-state index < -0.39 is 0 Å². The van der Waals surface area contributed by atoms with Gasteiger partial charge in [0.05, 0.1) is 9.76 Å². The predicted octanol–water partition coefficient (Wildman–Crippen LogP) is 1.41. The first-order valence-electron chi connectivity index (χ1n) is 3.00. The van der Waals surface area contributed by atoms with Crippen molar-refractivity contribution in [2.75, 3.05) is 0 Å². The van der Waals surface area contributed by atoms with Gasteiger partial charge in [0.25, 0.3) is 0 Å². The second-order valence-corrected chi connectivity index (χ2v) is 3.32. The molecule has 0 aliphatic rings. The van der Waals surface area contributed by atoms with Gasteiger partial charge in [-0.1, -0.05) is 12.2 Å². The zero-order valence-corrected chi connectivity index (χ0v) is 7.56. The largest absolute Gasteiger partial charge is 0.508 e. The number of thiocarbonyl (C=S) groups is 1. The molecule has 0 amide bonds. The Morgan fingerprint density at radius 1 is 1.17 bits per heavy atom. The maximum absolute atomic E-state index is 9.19. The Hall–Kier alpha value is -0.940. The highest BCUT2D eigenvalue weighted by Crippen LogP contribution is 2.33. The van der Waals surface area contributed by atoms with Crippen LogP contribution in [0.15, 0.2) is 12.1 Å². The van der Waals surface area contributed by atoms with Gasteiger partial charge in [-0.2, -0.15) is 0 Å². The van der Waals surface area contributed by atoms with E-state index in [1.54, 1.807) is 0 Å². The molecule has 3 N–H and O–H groups in total. The van der Waals surface area contributed by atoms with E-state index in [-0.39, 0.29) is 27.0 Å². The van der Waals surface area contributed by atoms with E-state index in [0.717, 1.165) is 12.1 Å². The molecule has 0 heterocycles. The number of phenolic OH excluding ortho intramolecular Hbond substituents is 3. The fourth-order valence-electron chi connectivity index (χ4n) is 0.816. The van der Waals surface area contributed by atoms with Crippen LogP contribution in [0.25, 0.3) is 0 Å². The first kappa shape index (κ1) is 9.15. The molecule has 0 saturated heterocycles. The number of thiol groups is 1. The summed E-state index contributed by atoms with van der Waals surface area (Å²) in [5, 5.41) is 27.3. The van der Waals surface area contributed by atoms with Crippen LogP contribution in [-0.2, 0) is 0 Å². The average Bonchev–Trinajstić information content (AvgIpc) is 1.82. The Kier molecular flexibility index (Phi) is 2.44. The molecule has 12 heavy (non-hydrogen) atoms. The summed E-state index contributed by atoms with van der Waals surface area (Å²) in [6.07, 6.45) is 0. The van der Waals surface area contributed by atoms with Crippen molar-refractivity contribution in [1.29, 1.82) is 0 Å². The quantitative estimate of drug-likeness (QED) is 0.411. The molecule has 0 aromatic heterocycles. The summed E-state index contributed by atoms with van der Waals surface area (Å²) in [6, 6.07) is 2.16. The van der Waals surface area contributed by atoms with Crippen LogP contribution in [0.1, 0.15) is 5.56 Å². The standard InChI is InChI=1S/C7H6O3S2/c8-3-1-4(9)6(7(11)12)5(10)2-3/h1-2,8-10H,(H,11,12). The van der Waals surface area contributed by atoms with Crippen molar-refractivity contribution in [3.63, 3.8) is 0 Å². The fourth-order valence-corrected chi connectivity index (χ4v) is 1.25. The van der Waals surface area contributed by atoms with Crippen molar-refractivity contribution < 1.29 is 15.3 Å². The van der Waals surface area contributed by atoms with E-state index >= 15 is 0 Å². The SMILES string of the molecule is Oc1cc(O)c(C(=S)S)c(O)c1. The molecule has 0 fully saturated rings. The van der Waals surface area contributed by atoms with Gasteiger partial charge in [-0.25, -0.2) is 0 Å². The van der Waals surface area contributed by atoms with Gasteiger partial charge >= 0.3 is 0 Å². The van der Waals surface area contributed by atoms with Gasteiger partial charge in [0.1, 0.15) is 17.2 Å². The number of hydrogen-bond donors (Lipinski definition) is 4. The normalized spacial score (nSPS) is 9.75. The van der Waals surface area contributed by atoms with Crippen LogP contribution in [0.3, 0.4) is 0 Å². The van der Waals surface area contributed by atoms with Crippen LogP contribution in [0.4, 0.5) is 0 Å². The zero-order chi connectivity index (χ0) is 9.30. The van der Waals surface area contributed by atoms with Gasteiger partial charge in [-0.05, 0) is 0 Å². The molecule has 0 spiro atoms. The highest BCUT2D eigenvalue weighted by Gasteiger charge is 2.11. The summed E-state index contributed by atoms with van der Waals surface area (Å²) < 4.78 is 0.0741. The third kappa shape index (κ3) is 1.62. The second kappa shape index (κ2) is 3.20. The molecular formula is C7H6O3S2. The number of hydrogen-bond acceptors (Lipinski definition) is 4. The lowest BCUT2D eigenvalue weighted by atomic mass is 10.2. The third-order valence-corrected chi connectivity index (χ3v) is 1.72. The minimum Gasteiger partial charge on any atom is -0.508 e. The monoisotopic (exact) mass is 202 g/mol. The summed E-state index contributed by atoms with van der Waals surface area (Å²) in [7, 11) is 0. The molecule has 64 valence electrons. The molecule has 5 heteroatoms. The zero-order valence-electron chi connectivity index (χ0n) is 5.85. The maximum Gasteiger partial charge on any atom is 0.132 e. The second-order valence-electron chi connectivity index (χ2n) is 2.16. The fraction of sp³-hybridized carbons (Fsp3) is 0. The van der Waals surface area contributed by atoms with Crippen molar-refractivity contribution in [2.45, 2.75) is 0 Å². The van der Waals surface area contributed by atoms with Crippen LogP contribution >= 0.6 is 24.8 Å².